The highest BCUT2D eigenvalue weighted by Gasteiger charge is 2.26. The molecule has 0 radical (unpaired) electrons. The number of hydrogen-bond donors (Lipinski definition) is 0. The predicted molar refractivity (Wildman–Crippen MR) is 93.8 cm³/mol. The second-order valence-corrected chi connectivity index (χ2v) is 5.73. The van der Waals surface area contributed by atoms with E-state index in [1.54, 1.807) is 29.2 Å². The maximum atomic E-state index is 12.4. The molecule has 0 aliphatic carbocycles. The zero-order chi connectivity index (χ0) is 16.4. The maximum Gasteiger partial charge on any atom is 0.249 e. The van der Waals surface area contributed by atoms with E-state index in [1.807, 2.05) is 18.2 Å². The fourth-order valence-corrected chi connectivity index (χ4v) is 2.83. The summed E-state index contributed by atoms with van der Waals surface area (Å²) < 4.78 is 0. The van der Waals surface area contributed by atoms with Crippen molar-refractivity contribution in [2.45, 2.75) is 0 Å². The summed E-state index contributed by atoms with van der Waals surface area (Å²) in [5, 5.41) is 0.875. The van der Waals surface area contributed by atoms with Gasteiger partial charge in [-0.25, -0.2) is 4.98 Å². The molecule has 2 aromatic rings. The van der Waals surface area contributed by atoms with Crippen LogP contribution in [0.2, 0.25) is 10.2 Å². The third-order valence-electron chi connectivity index (χ3n) is 3.47. The summed E-state index contributed by atoms with van der Waals surface area (Å²) >= 11 is 12.4. The predicted octanol–water partition coefficient (Wildman–Crippen LogP) is 3.76. The average molecular weight is 346 g/mol. The molecule has 1 amide bonds. The van der Waals surface area contributed by atoms with E-state index in [2.05, 4.69) is 16.6 Å². The lowest BCUT2D eigenvalue weighted by molar-refractivity contribution is -0.117. The summed E-state index contributed by atoms with van der Waals surface area (Å²) in [5.41, 5.74) is 2.47. The number of halogens is 2. The van der Waals surface area contributed by atoms with Gasteiger partial charge in [-0.15, -0.1) is 6.58 Å². The third-order valence-corrected chi connectivity index (χ3v) is 4.01. The monoisotopic (exact) mass is 345 g/mol. The Labute approximate surface area is 144 Å². The second kappa shape index (κ2) is 6.52. The number of aliphatic imine (C=N–C) groups is 1. The number of hydrogen-bond acceptors (Lipinski definition) is 3. The summed E-state index contributed by atoms with van der Waals surface area (Å²) in [6, 6.07) is 10.7. The Balaban J connectivity index is 2.23. The van der Waals surface area contributed by atoms with Crippen LogP contribution in [0, 0.1) is 0 Å². The minimum Gasteiger partial charge on any atom is -0.305 e. The van der Waals surface area contributed by atoms with Crippen LogP contribution in [0.15, 0.2) is 54.0 Å². The van der Waals surface area contributed by atoms with Gasteiger partial charge in [0, 0.05) is 12.1 Å². The minimum atomic E-state index is -0.127. The molecule has 23 heavy (non-hydrogen) atoms. The van der Waals surface area contributed by atoms with Gasteiger partial charge in [0.05, 0.1) is 16.4 Å². The number of amides is 1. The summed E-state index contributed by atoms with van der Waals surface area (Å²) in [5.74, 6) is -0.127. The Morgan fingerprint density at radius 1 is 1.22 bits per heavy atom. The minimum absolute atomic E-state index is 0.0162. The standard InChI is InChI=1S/C17H13Cl2N3O/c1-2-9-22-13-7-8-14(19)21-17(13)16(20-10-15(22)23)11-5-3-4-6-12(11)18/h2-8H,1,9-10H2. The van der Waals surface area contributed by atoms with Crippen LogP contribution in [0.3, 0.4) is 0 Å². The van der Waals surface area contributed by atoms with E-state index in [9.17, 15) is 4.79 Å². The molecule has 0 unspecified atom stereocenters. The number of anilines is 1. The van der Waals surface area contributed by atoms with Crippen molar-refractivity contribution < 1.29 is 4.79 Å². The van der Waals surface area contributed by atoms with E-state index in [0.717, 1.165) is 5.56 Å². The highest BCUT2D eigenvalue weighted by Crippen LogP contribution is 2.29. The van der Waals surface area contributed by atoms with Gasteiger partial charge in [0.25, 0.3) is 0 Å². The fraction of sp³-hybridized carbons (Fsp3) is 0.118. The van der Waals surface area contributed by atoms with Crippen LogP contribution in [0.4, 0.5) is 5.69 Å². The zero-order valence-electron chi connectivity index (χ0n) is 12.2. The number of rotatable bonds is 3. The molecule has 4 nitrogen and oxygen atoms in total. The number of fused-ring (bicyclic) bond motifs is 1. The number of nitrogens with zero attached hydrogens (tertiary/aromatic N) is 3. The van der Waals surface area contributed by atoms with Crippen LogP contribution >= 0.6 is 23.2 Å². The van der Waals surface area contributed by atoms with Gasteiger partial charge in [-0.05, 0) is 18.2 Å². The van der Waals surface area contributed by atoms with Crippen molar-refractivity contribution in [2.24, 2.45) is 4.99 Å². The lowest BCUT2D eigenvalue weighted by Gasteiger charge is -2.21. The van der Waals surface area contributed by atoms with Crippen LogP contribution in [0.5, 0.6) is 0 Å². The van der Waals surface area contributed by atoms with Gasteiger partial charge in [-0.1, -0.05) is 47.5 Å². The Kier molecular flexibility index (Phi) is 4.46. The first-order valence-corrected chi connectivity index (χ1v) is 7.75. The lowest BCUT2D eigenvalue weighted by Crippen LogP contribution is -2.32. The van der Waals surface area contributed by atoms with Crippen LogP contribution in [0.1, 0.15) is 11.3 Å². The molecule has 2 heterocycles. The molecular weight excluding hydrogens is 333 g/mol. The van der Waals surface area contributed by atoms with Crippen LogP contribution in [0.25, 0.3) is 0 Å². The van der Waals surface area contributed by atoms with Crippen molar-refractivity contribution in [1.82, 2.24) is 4.98 Å². The van der Waals surface area contributed by atoms with E-state index >= 15 is 0 Å². The summed E-state index contributed by atoms with van der Waals surface area (Å²) in [6.45, 7) is 4.09. The zero-order valence-corrected chi connectivity index (χ0v) is 13.7. The molecular formula is C17H13Cl2N3O. The number of carbonyl (C=O) groups is 1. The van der Waals surface area contributed by atoms with Crippen molar-refractivity contribution in [3.8, 4) is 0 Å². The van der Waals surface area contributed by atoms with Crippen LogP contribution < -0.4 is 4.90 Å². The molecule has 0 spiro atoms. The lowest BCUT2D eigenvalue weighted by atomic mass is 10.1. The van der Waals surface area contributed by atoms with Gasteiger partial charge in [-0.3, -0.25) is 9.79 Å². The van der Waals surface area contributed by atoms with Gasteiger partial charge < -0.3 is 4.90 Å². The van der Waals surface area contributed by atoms with Crippen molar-refractivity contribution in [2.75, 3.05) is 18.0 Å². The SMILES string of the molecule is C=CCN1C(=O)CN=C(c2ccccc2Cl)c2nc(Cl)ccc21. The smallest absolute Gasteiger partial charge is 0.249 e. The average Bonchev–Trinajstić information content (AvgIpc) is 2.66. The highest BCUT2D eigenvalue weighted by atomic mass is 35.5. The normalized spacial score (nSPS) is 14.1. The Morgan fingerprint density at radius 2 is 2.00 bits per heavy atom. The first kappa shape index (κ1) is 15.7. The molecule has 1 aromatic carbocycles. The largest absolute Gasteiger partial charge is 0.305 e. The molecule has 6 heteroatoms. The van der Waals surface area contributed by atoms with Gasteiger partial charge in [0.1, 0.15) is 17.4 Å². The maximum absolute atomic E-state index is 12.4. The quantitative estimate of drug-likeness (QED) is 0.628. The molecule has 1 aromatic heterocycles. The first-order valence-electron chi connectivity index (χ1n) is 6.99. The van der Waals surface area contributed by atoms with Crippen molar-refractivity contribution >= 4 is 40.5 Å². The van der Waals surface area contributed by atoms with Gasteiger partial charge >= 0.3 is 0 Å². The van der Waals surface area contributed by atoms with Crippen molar-refractivity contribution in [1.29, 1.82) is 0 Å². The molecule has 1 aliphatic rings. The molecule has 1 aliphatic heterocycles. The van der Waals surface area contributed by atoms with E-state index < -0.39 is 0 Å². The molecule has 0 bridgehead atoms. The molecule has 0 saturated heterocycles. The molecule has 0 fully saturated rings. The van der Waals surface area contributed by atoms with Crippen LogP contribution in [-0.2, 0) is 4.79 Å². The Morgan fingerprint density at radius 3 is 2.74 bits per heavy atom. The number of benzene rings is 1. The Hall–Kier alpha value is -2.17. The Bertz CT molecular complexity index is 817. The van der Waals surface area contributed by atoms with Crippen molar-refractivity contribution in [3.63, 3.8) is 0 Å². The van der Waals surface area contributed by atoms with E-state index in [-0.39, 0.29) is 12.5 Å². The molecule has 0 atom stereocenters. The van der Waals surface area contributed by atoms with Gasteiger partial charge in [0.15, 0.2) is 0 Å². The summed E-state index contributed by atoms with van der Waals surface area (Å²) in [7, 11) is 0. The van der Waals surface area contributed by atoms with Crippen molar-refractivity contribution in [3.05, 3.63) is 70.5 Å². The van der Waals surface area contributed by atoms with Gasteiger partial charge in [-0.2, -0.15) is 0 Å². The topological polar surface area (TPSA) is 45.6 Å². The first-order chi connectivity index (χ1) is 11.1. The number of pyridine rings is 1. The third kappa shape index (κ3) is 3.00. The molecule has 0 saturated carbocycles. The van der Waals surface area contributed by atoms with Gasteiger partial charge in [0.2, 0.25) is 5.91 Å². The van der Waals surface area contributed by atoms with E-state index in [1.165, 1.54) is 0 Å². The number of aromatic nitrogens is 1. The van der Waals surface area contributed by atoms with Crippen LogP contribution in [-0.4, -0.2) is 29.7 Å². The molecule has 3 rings (SSSR count). The summed E-state index contributed by atoms with van der Waals surface area (Å²) in [4.78, 5) is 22.8. The van der Waals surface area contributed by atoms with E-state index in [4.69, 9.17) is 23.2 Å². The second-order valence-electron chi connectivity index (χ2n) is 4.94. The summed E-state index contributed by atoms with van der Waals surface area (Å²) in [6.07, 6.45) is 1.66. The number of carbonyl (C=O) groups excluding carboxylic acids is 1. The molecule has 116 valence electrons. The van der Waals surface area contributed by atoms with E-state index in [0.29, 0.717) is 33.8 Å². The molecule has 0 N–H and O–H groups in total. The highest BCUT2D eigenvalue weighted by molar-refractivity contribution is 6.36. The fourth-order valence-electron chi connectivity index (χ4n) is 2.46.